The number of hydrogen-bond donors (Lipinski definition) is 5. The van der Waals surface area contributed by atoms with Gasteiger partial charge in [-0.25, -0.2) is 0 Å². The van der Waals surface area contributed by atoms with Crippen LogP contribution in [0.1, 0.15) is 32.6 Å². The molecule has 146 valence electrons. The number of carboxylic acids is 1. The fraction of sp³-hybridized carbons (Fsp3) is 0.812. The second-order valence-corrected chi connectivity index (χ2v) is 7.24. The van der Waals surface area contributed by atoms with Gasteiger partial charge in [-0.15, -0.1) is 0 Å². The SMILES string of the molecule is CC(O)[C@H](CC(=S)C[C@@H](CC(N)=O)CN(C)CC[C@@H](N)CO)C(=O)O. The molecule has 8 nitrogen and oxygen atoms in total. The van der Waals surface area contributed by atoms with E-state index in [-0.39, 0.29) is 31.4 Å². The minimum atomic E-state index is -1.10. The van der Waals surface area contributed by atoms with E-state index in [0.717, 1.165) is 0 Å². The molecule has 0 radical (unpaired) electrons. The molecule has 0 rings (SSSR count). The van der Waals surface area contributed by atoms with Crippen molar-refractivity contribution < 1.29 is 24.9 Å². The van der Waals surface area contributed by atoms with E-state index >= 15 is 0 Å². The summed E-state index contributed by atoms with van der Waals surface area (Å²) in [6.45, 7) is 2.53. The molecule has 0 fully saturated rings. The minimum Gasteiger partial charge on any atom is -0.481 e. The number of aliphatic carboxylic acids is 1. The largest absolute Gasteiger partial charge is 0.481 e. The molecule has 0 aliphatic carbocycles. The summed E-state index contributed by atoms with van der Waals surface area (Å²) in [4.78, 5) is 24.9. The van der Waals surface area contributed by atoms with Gasteiger partial charge in [0.1, 0.15) is 0 Å². The molecule has 0 aromatic carbocycles. The zero-order valence-electron chi connectivity index (χ0n) is 14.9. The number of carboxylic acid groups (broad SMARTS) is 1. The van der Waals surface area contributed by atoms with Gasteiger partial charge >= 0.3 is 5.97 Å². The average Bonchev–Trinajstić information content (AvgIpc) is 2.48. The number of hydrogen-bond acceptors (Lipinski definition) is 7. The van der Waals surface area contributed by atoms with Gasteiger partial charge in [-0.1, -0.05) is 12.2 Å². The zero-order valence-corrected chi connectivity index (χ0v) is 15.7. The van der Waals surface area contributed by atoms with Crippen LogP contribution in [-0.2, 0) is 9.59 Å². The third kappa shape index (κ3) is 11.2. The first-order valence-electron chi connectivity index (χ1n) is 8.32. The lowest BCUT2D eigenvalue weighted by Crippen LogP contribution is -2.35. The van der Waals surface area contributed by atoms with Crippen molar-refractivity contribution >= 4 is 29.0 Å². The summed E-state index contributed by atoms with van der Waals surface area (Å²) in [5.74, 6) is -2.64. The Hall–Kier alpha value is -1.13. The molecule has 0 saturated heterocycles. The number of nitrogens with zero attached hydrogens (tertiary/aromatic N) is 1. The highest BCUT2D eigenvalue weighted by molar-refractivity contribution is 7.80. The van der Waals surface area contributed by atoms with Gasteiger partial charge in [-0.05, 0) is 50.6 Å². The van der Waals surface area contributed by atoms with Crippen LogP contribution < -0.4 is 11.5 Å². The quantitative estimate of drug-likeness (QED) is 0.251. The molecule has 9 heteroatoms. The summed E-state index contributed by atoms with van der Waals surface area (Å²) in [5, 5.41) is 27.6. The molecule has 0 aliphatic rings. The van der Waals surface area contributed by atoms with Crippen molar-refractivity contribution in [3.8, 4) is 0 Å². The van der Waals surface area contributed by atoms with Crippen LogP contribution in [0.2, 0.25) is 0 Å². The number of carbonyl (C=O) groups is 2. The topological polar surface area (TPSA) is 150 Å². The number of thiocarbonyl (C=S) groups is 1. The minimum absolute atomic E-state index is 0.0801. The number of carbonyl (C=O) groups excluding carboxylic acids is 1. The summed E-state index contributed by atoms with van der Waals surface area (Å²) in [6, 6.07) is -0.291. The van der Waals surface area contributed by atoms with E-state index < -0.39 is 23.9 Å². The first kappa shape index (κ1) is 23.9. The molecule has 0 spiro atoms. The van der Waals surface area contributed by atoms with E-state index in [2.05, 4.69) is 0 Å². The maximum atomic E-state index is 11.3. The Bertz CT molecular complexity index is 447. The van der Waals surface area contributed by atoms with Crippen LogP contribution >= 0.6 is 12.2 Å². The number of nitrogens with two attached hydrogens (primary N) is 2. The van der Waals surface area contributed by atoms with E-state index in [9.17, 15) is 14.7 Å². The molecule has 25 heavy (non-hydrogen) atoms. The average molecular weight is 378 g/mol. The highest BCUT2D eigenvalue weighted by Crippen LogP contribution is 2.18. The second-order valence-electron chi connectivity index (χ2n) is 6.66. The van der Waals surface area contributed by atoms with Gasteiger partial charge in [0.2, 0.25) is 5.91 Å². The van der Waals surface area contributed by atoms with Gasteiger partial charge in [-0.2, -0.15) is 0 Å². The standard InChI is InChI=1S/C16H31N3O5S/c1-10(21)14(16(23)24)7-13(25)5-11(6-15(18)22)8-19(2)4-3-12(17)9-20/h10-12,14,20-21H,3-9,17H2,1-2H3,(H2,18,22)(H,23,24)/t10?,11-,12+,14-/m0/s1. The lowest BCUT2D eigenvalue weighted by Gasteiger charge is -2.25. The first-order valence-corrected chi connectivity index (χ1v) is 8.73. The normalized spacial score (nSPS) is 16.2. The van der Waals surface area contributed by atoms with Gasteiger partial charge in [0, 0.05) is 19.0 Å². The van der Waals surface area contributed by atoms with Crippen molar-refractivity contribution in [2.45, 2.75) is 44.8 Å². The summed E-state index contributed by atoms with van der Waals surface area (Å²) in [5.41, 5.74) is 11.0. The molecule has 4 atom stereocenters. The maximum absolute atomic E-state index is 11.3. The van der Waals surface area contributed by atoms with Gasteiger partial charge < -0.3 is 31.7 Å². The lowest BCUT2D eigenvalue weighted by atomic mass is 9.91. The van der Waals surface area contributed by atoms with Crippen LogP contribution in [0.4, 0.5) is 0 Å². The van der Waals surface area contributed by atoms with Crippen LogP contribution in [0.25, 0.3) is 0 Å². The lowest BCUT2D eigenvalue weighted by molar-refractivity contribution is -0.144. The summed E-state index contributed by atoms with van der Waals surface area (Å²) in [7, 11) is 1.87. The number of amides is 1. The van der Waals surface area contributed by atoms with Crippen molar-refractivity contribution in [3.63, 3.8) is 0 Å². The predicted octanol–water partition coefficient (Wildman–Crippen LogP) is -0.649. The Morgan fingerprint density at radius 3 is 2.28 bits per heavy atom. The van der Waals surface area contributed by atoms with E-state index in [1.54, 1.807) is 0 Å². The fourth-order valence-electron chi connectivity index (χ4n) is 2.61. The molecular formula is C16H31N3O5S. The number of aliphatic hydroxyl groups is 2. The molecular weight excluding hydrogens is 346 g/mol. The monoisotopic (exact) mass is 377 g/mol. The molecule has 1 amide bonds. The Morgan fingerprint density at radius 1 is 1.24 bits per heavy atom. The highest BCUT2D eigenvalue weighted by atomic mass is 32.1. The Balaban J connectivity index is 4.67. The molecule has 0 heterocycles. The molecule has 0 saturated carbocycles. The van der Waals surface area contributed by atoms with E-state index in [1.807, 2.05) is 11.9 Å². The summed E-state index contributed by atoms with van der Waals surface area (Å²) in [6.07, 6.45) is 0.210. The van der Waals surface area contributed by atoms with E-state index in [4.69, 9.17) is 33.9 Å². The van der Waals surface area contributed by atoms with Crippen LogP contribution in [0.15, 0.2) is 0 Å². The van der Waals surface area contributed by atoms with Crippen molar-refractivity contribution in [2.24, 2.45) is 23.3 Å². The van der Waals surface area contributed by atoms with Crippen LogP contribution in [0.5, 0.6) is 0 Å². The molecule has 7 N–H and O–H groups in total. The van der Waals surface area contributed by atoms with Crippen molar-refractivity contribution in [1.82, 2.24) is 4.90 Å². The smallest absolute Gasteiger partial charge is 0.309 e. The molecule has 0 aromatic rings. The Labute approximate surface area is 154 Å². The van der Waals surface area contributed by atoms with Gasteiger partial charge in [-0.3, -0.25) is 9.59 Å². The van der Waals surface area contributed by atoms with Gasteiger partial charge in [0.25, 0.3) is 0 Å². The Morgan fingerprint density at radius 2 is 1.84 bits per heavy atom. The predicted molar refractivity (Wildman–Crippen MR) is 99.1 cm³/mol. The fourth-order valence-corrected chi connectivity index (χ4v) is 3.03. The van der Waals surface area contributed by atoms with Crippen molar-refractivity contribution in [1.29, 1.82) is 0 Å². The molecule has 0 aromatic heterocycles. The zero-order chi connectivity index (χ0) is 19.6. The molecule has 1 unspecified atom stereocenters. The maximum Gasteiger partial charge on any atom is 0.309 e. The molecule has 0 aliphatic heterocycles. The van der Waals surface area contributed by atoms with Gasteiger partial charge in [0.05, 0.1) is 18.6 Å². The van der Waals surface area contributed by atoms with E-state index in [0.29, 0.717) is 30.8 Å². The van der Waals surface area contributed by atoms with Crippen LogP contribution in [0, 0.1) is 11.8 Å². The van der Waals surface area contributed by atoms with Crippen LogP contribution in [-0.4, -0.2) is 75.9 Å². The van der Waals surface area contributed by atoms with Crippen molar-refractivity contribution in [2.75, 3.05) is 26.7 Å². The van der Waals surface area contributed by atoms with Crippen molar-refractivity contribution in [3.05, 3.63) is 0 Å². The van der Waals surface area contributed by atoms with Crippen LogP contribution in [0.3, 0.4) is 0 Å². The Kier molecular flexibility index (Phi) is 11.7. The first-order chi connectivity index (χ1) is 11.6. The molecule has 0 bridgehead atoms. The summed E-state index contributed by atoms with van der Waals surface area (Å²) < 4.78 is 0. The van der Waals surface area contributed by atoms with E-state index in [1.165, 1.54) is 6.92 Å². The number of aliphatic hydroxyl groups excluding tert-OH is 2. The van der Waals surface area contributed by atoms with Gasteiger partial charge in [0.15, 0.2) is 0 Å². The highest BCUT2D eigenvalue weighted by Gasteiger charge is 2.26. The third-order valence-electron chi connectivity index (χ3n) is 4.04. The number of rotatable bonds is 14. The second kappa shape index (κ2) is 12.3. The number of primary amides is 1. The third-order valence-corrected chi connectivity index (χ3v) is 4.37. The summed E-state index contributed by atoms with van der Waals surface area (Å²) >= 11 is 5.28.